The minimum absolute atomic E-state index is 0. The van der Waals surface area contributed by atoms with E-state index in [0.29, 0.717) is 6.42 Å². The van der Waals surface area contributed by atoms with Crippen LogP contribution >= 0.6 is 11.6 Å². The Bertz CT molecular complexity index is 559. The van der Waals surface area contributed by atoms with Crippen molar-refractivity contribution in [3.63, 3.8) is 0 Å². The molecule has 0 aromatic heterocycles. The summed E-state index contributed by atoms with van der Waals surface area (Å²) in [5, 5.41) is -0.732. The SMILES string of the molecule is CCCCCCC(Cl)C(=O)Oc1ccc(S(=O)(=O)[O-])cc1.[Na+]. The van der Waals surface area contributed by atoms with Crippen molar-refractivity contribution in [2.75, 3.05) is 0 Å². The van der Waals surface area contributed by atoms with Gasteiger partial charge in [0.2, 0.25) is 0 Å². The number of rotatable bonds is 8. The summed E-state index contributed by atoms with van der Waals surface area (Å²) in [7, 11) is -4.50. The number of carbonyl (C=O) groups is 1. The minimum Gasteiger partial charge on any atom is -0.744 e. The molecular weight excluding hydrogens is 339 g/mol. The maximum absolute atomic E-state index is 11.7. The summed E-state index contributed by atoms with van der Waals surface area (Å²) in [6, 6.07) is 4.69. The molecule has 0 radical (unpaired) electrons. The first-order chi connectivity index (χ1) is 9.84. The number of esters is 1. The van der Waals surface area contributed by atoms with Gasteiger partial charge in [0.25, 0.3) is 0 Å². The van der Waals surface area contributed by atoms with Gasteiger partial charge in [0.05, 0.1) is 4.90 Å². The number of ether oxygens (including phenoxy) is 1. The third kappa shape index (κ3) is 7.94. The van der Waals surface area contributed by atoms with E-state index >= 15 is 0 Å². The Kier molecular flexibility index (Phi) is 10.6. The largest absolute Gasteiger partial charge is 1.00 e. The van der Waals surface area contributed by atoms with E-state index in [0.717, 1.165) is 37.8 Å². The molecule has 0 amide bonds. The van der Waals surface area contributed by atoms with Crippen LogP contribution in [0.15, 0.2) is 29.2 Å². The molecule has 0 bridgehead atoms. The molecule has 1 unspecified atom stereocenters. The van der Waals surface area contributed by atoms with Crippen LogP contribution in [0.3, 0.4) is 0 Å². The Morgan fingerprint density at radius 1 is 1.23 bits per heavy atom. The first-order valence-corrected chi connectivity index (χ1v) is 8.60. The zero-order valence-electron chi connectivity index (χ0n) is 12.7. The van der Waals surface area contributed by atoms with Gasteiger partial charge in [-0.1, -0.05) is 32.6 Å². The first-order valence-electron chi connectivity index (χ1n) is 6.76. The molecule has 118 valence electrons. The van der Waals surface area contributed by atoms with Gasteiger partial charge in [0.1, 0.15) is 21.2 Å². The third-order valence-electron chi connectivity index (χ3n) is 2.90. The summed E-state index contributed by atoms with van der Waals surface area (Å²) in [5.74, 6) is -0.419. The summed E-state index contributed by atoms with van der Waals surface area (Å²) in [6.07, 6.45) is 4.61. The molecule has 0 spiro atoms. The third-order valence-corrected chi connectivity index (χ3v) is 4.14. The first kappa shape index (κ1) is 21.9. The summed E-state index contributed by atoms with van der Waals surface area (Å²) >= 11 is 5.94. The average Bonchev–Trinajstić information content (AvgIpc) is 2.43. The van der Waals surface area contributed by atoms with E-state index in [-0.39, 0.29) is 40.2 Å². The quantitative estimate of drug-likeness (QED) is 0.164. The molecule has 1 aromatic rings. The van der Waals surface area contributed by atoms with E-state index in [1.165, 1.54) is 12.1 Å². The zero-order chi connectivity index (χ0) is 15.9. The second-order valence-corrected chi connectivity index (χ2v) is 6.57. The van der Waals surface area contributed by atoms with E-state index in [4.69, 9.17) is 16.3 Å². The number of carbonyl (C=O) groups excluding carboxylic acids is 1. The van der Waals surface area contributed by atoms with E-state index in [1.54, 1.807) is 0 Å². The number of unbranched alkanes of at least 4 members (excludes halogenated alkanes) is 3. The zero-order valence-corrected chi connectivity index (χ0v) is 16.3. The van der Waals surface area contributed by atoms with Crippen molar-refractivity contribution in [3.8, 4) is 5.75 Å². The molecule has 0 aliphatic carbocycles. The molecule has 0 N–H and O–H groups in total. The summed E-state index contributed by atoms with van der Waals surface area (Å²) in [6.45, 7) is 2.10. The van der Waals surface area contributed by atoms with E-state index in [2.05, 4.69) is 6.92 Å². The Morgan fingerprint density at radius 3 is 2.32 bits per heavy atom. The van der Waals surface area contributed by atoms with Gasteiger partial charge >= 0.3 is 35.5 Å². The van der Waals surface area contributed by atoms with E-state index in [1.807, 2.05) is 0 Å². The number of benzene rings is 1. The molecule has 0 fully saturated rings. The Hall–Kier alpha value is -0.110. The molecule has 0 saturated carbocycles. The van der Waals surface area contributed by atoms with E-state index < -0.39 is 21.5 Å². The van der Waals surface area contributed by atoms with Gasteiger partial charge in [-0.2, -0.15) is 0 Å². The van der Waals surface area contributed by atoms with Gasteiger partial charge in [-0.15, -0.1) is 11.6 Å². The maximum atomic E-state index is 11.7. The Labute approximate surface area is 158 Å². The predicted octanol–water partition coefficient (Wildman–Crippen LogP) is 0.0779. The van der Waals surface area contributed by atoms with Crippen molar-refractivity contribution in [3.05, 3.63) is 24.3 Å². The van der Waals surface area contributed by atoms with Crippen LogP contribution in [0.4, 0.5) is 0 Å². The molecule has 1 rings (SSSR count). The Morgan fingerprint density at radius 2 is 1.82 bits per heavy atom. The van der Waals surface area contributed by atoms with Gasteiger partial charge in [-0.3, -0.25) is 4.79 Å². The number of halogens is 1. The summed E-state index contributed by atoms with van der Waals surface area (Å²) in [4.78, 5) is 11.4. The molecular formula is C14H18ClNaO5S. The number of hydrogen-bond acceptors (Lipinski definition) is 5. The standard InChI is InChI=1S/C14H19ClO5S.Na/c1-2-3-4-5-6-13(15)14(16)20-11-7-9-12(10-8-11)21(17,18)19;/h7-10,13H,2-6H2,1H3,(H,17,18,19);/q;+1/p-1. The van der Waals surface area contributed by atoms with Crippen LogP contribution in [0.2, 0.25) is 0 Å². The summed E-state index contributed by atoms with van der Waals surface area (Å²) in [5.41, 5.74) is 0. The van der Waals surface area contributed by atoms with E-state index in [9.17, 15) is 17.8 Å². The average molecular weight is 357 g/mol. The van der Waals surface area contributed by atoms with Crippen LogP contribution in [-0.4, -0.2) is 24.3 Å². The monoisotopic (exact) mass is 356 g/mol. The number of hydrogen-bond donors (Lipinski definition) is 0. The van der Waals surface area contributed by atoms with Gasteiger partial charge in [-0.05, 0) is 30.7 Å². The van der Waals surface area contributed by atoms with Crippen LogP contribution in [0.25, 0.3) is 0 Å². The smallest absolute Gasteiger partial charge is 0.744 e. The molecule has 8 heteroatoms. The molecule has 1 aromatic carbocycles. The van der Waals surface area contributed by atoms with Crippen LogP contribution < -0.4 is 34.3 Å². The molecule has 1 atom stereocenters. The fourth-order valence-corrected chi connectivity index (χ4v) is 2.39. The van der Waals surface area contributed by atoms with Gasteiger partial charge < -0.3 is 9.29 Å². The summed E-state index contributed by atoms with van der Waals surface area (Å²) < 4.78 is 37.3. The normalized spacial score (nSPS) is 12.3. The van der Waals surface area contributed by atoms with Crippen molar-refractivity contribution in [1.29, 1.82) is 0 Å². The fraction of sp³-hybridized carbons (Fsp3) is 0.500. The number of alkyl halides is 1. The minimum atomic E-state index is -4.50. The van der Waals surface area contributed by atoms with Crippen molar-refractivity contribution >= 4 is 27.7 Å². The van der Waals surface area contributed by atoms with Gasteiger partial charge in [-0.25, -0.2) is 8.42 Å². The second kappa shape index (κ2) is 10.6. The van der Waals surface area contributed by atoms with Crippen LogP contribution in [0.1, 0.15) is 39.0 Å². The van der Waals surface area contributed by atoms with Gasteiger partial charge in [0.15, 0.2) is 0 Å². The van der Waals surface area contributed by atoms with Crippen molar-refractivity contribution < 1.29 is 52.1 Å². The molecule has 5 nitrogen and oxygen atoms in total. The fourth-order valence-electron chi connectivity index (χ4n) is 1.72. The maximum Gasteiger partial charge on any atom is 1.00 e. The topological polar surface area (TPSA) is 83.5 Å². The van der Waals surface area contributed by atoms with Gasteiger partial charge in [0, 0.05) is 0 Å². The van der Waals surface area contributed by atoms with Crippen LogP contribution in [-0.2, 0) is 14.9 Å². The molecule has 0 saturated heterocycles. The molecule has 0 heterocycles. The molecule has 22 heavy (non-hydrogen) atoms. The molecule has 0 aliphatic heterocycles. The predicted molar refractivity (Wildman–Crippen MR) is 78.4 cm³/mol. The Balaban J connectivity index is 0.00000441. The second-order valence-electron chi connectivity index (χ2n) is 4.66. The van der Waals surface area contributed by atoms with Crippen LogP contribution in [0, 0.1) is 0 Å². The van der Waals surface area contributed by atoms with Crippen molar-refractivity contribution in [1.82, 2.24) is 0 Å². The van der Waals surface area contributed by atoms with Crippen molar-refractivity contribution in [2.24, 2.45) is 0 Å². The van der Waals surface area contributed by atoms with Crippen LogP contribution in [0.5, 0.6) is 5.75 Å². The molecule has 0 aliphatic rings. The van der Waals surface area contributed by atoms with Crippen molar-refractivity contribution in [2.45, 2.75) is 49.3 Å².